The number of nitrogens with zero attached hydrogens (tertiary/aromatic N) is 1. The van der Waals surface area contributed by atoms with Crippen LogP contribution >= 0.6 is 0 Å². The zero-order chi connectivity index (χ0) is 15.5. The Morgan fingerprint density at radius 3 is 2.95 bits per heavy atom. The number of aryl methyl sites for hydroxylation is 1. The summed E-state index contributed by atoms with van der Waals surface area (Å²) in [5.74, 6) is 0.298. The summed E-state index contributed by atoms with van der Waals surface area (Å²) in [5, 5.41) is 1.29. The van der Waals surface area contributed by atoms with E-state index in [1.807, 2.05) is 4.90 Å². The molecule has 1 aromatic carbocycles. The molecule has 0 spiro atoms. The molecule has 1 amide bonds. The molecule has 3 heteroatoms. The molecule has 1 N–H and O–H groups in total. The van der Waals surface area contributed by atoms with Crippen LogP contribution in [0.2, 0.25) is 0 Å². The van der Waals surface area contributed by atoms with Crippen LogP contribution in [-0.2, 0) is 4.79 Å². The van der Waals surface area contributed by atoms with E-state index in [4.69, 9.17) is 0 Å². The molecule has 2 aromatic rings. The Kier molecular flexibility index (Phi) is 4.32. The number of carbonyl (C=O) groups excluding carboxylic acids is 1. The summed E-state index contributed by atoms with van der Waals surface area (Å²) in [4.78, 5) is 17.5. The number of hydrogen-bond donors (Lipinski definition) is 1. The fourth-order valence-corrected chi connectivity index (χ4v) is 3.20. The van der Waals surface area contributed by atoms with E-state index in [2.05, 4.69) is 49.3 Å². The Balaban J connectivity index is 1.78. The van der Waals surface area contributed by atoms with Crippen LogP contribution < -0.4 is 0 Å². The first kappa shape index (κ1) is 14.9. The Hall–Kier alpha value is -2.03. The van der Waals surface area contributed by atoms with E-state index in [1.54, 1.807) is 0 Å². The predicted octanol–water partition coefficient (Wildman–Crippen LogP) is 4.28. The molecule has 116 valence electrons. The predicted molar refractivity (Wildman–Crippen MR) is 91.7 cm³/mol. The lowest BCUT2D eigenvalue weighted by atomic mass is 9.98. The minimum Gasteiger partial charge on any atom is -0.360 e. The maximum Gasteiger partial charge on any atom is 0.222 e. The third-order valence-electron chi connectivity index (χ3n) is 4.58. The molecule has 1 aliphatic rings. The lowest BCUT2D eigenvalue weighted by Crippen LogP contribution is -2.34. The fraction of sp³-hybridized carbons (Fsp3) is 0.421. The summed E-state index contributed by atoms with van der Waals surface area (Å²) < 4.78 is 0. The molecule has 1 aliphatic heterocycles. The molecule has 0 radical (unpaired) electrons. The normalized spacial score (nSPS) is 15.2. The van der Waals surface area contributed by atoms with Crippen molar-refractivity contribution in [2.24, 2.45) is 0 Å². The monoisotopic (exact) mass is 296 g/mol. The van der Waals surface area contributed by atoms with Crippen molar-refractivity contribution >= 4 is 22.4 Å². The van der Waals surface area contributed by atoms with Gasteiger partial charge in [-0.2, -0.15) is 0 Å². The highest BCUT2D eigenvalue weighted by Crippen LogP contribution is 2.30. The Morgan fingerprint density at radius 1 is 1.36 bits per heavy atom. The number of unbranched alkanes of at least 4 members (excludes halogenated alkanes) is 1. The van der Waals surface area contributed by atoms with Crippen molar-refractivity contribution in [3.63, 3.8) is 0 Å². The number of H-pyrrole nitrogens is 1. The summed E-state index contributed by atoms with van der Waals surface area (Å²) in [7, 11) is 0. The van der Waals surface area contributed by atoms with Gasteiger partial charge in [-0.05, 0) is 30.9 Å². The van der Waals surface area contributed by atoms with Gasteiger partial charge in [0.2, 0.25) is 5.91 Å². The maximum absolute atomic E-state index is 12.1. The summed E-state index contributed by atoms with van der Waals surface area (Å²) >= 11 is 0. The first-order valence-electron chi connectivity index (χ1n) is 8.24. The largest absolute Gasteiger partial charge is 0.360 e. The van der Waals surface area contributed by atoms with Crippen molar-refractivity contribution in [1.29, 1.82) is 0 Å². The summed E-state index contributed by atoms with van der Waals surface area (Å²) in [6.07, 6.45) is 8.03. The second-order valence-electron chi connectivity index (χ2n) is 6.12. The highest BCUT2D eigenvalue weighted by molar-refractivity contribution is 5.94. The number of aromatic nitrogens is 1. The zero-order valence-electron chi connectivity index (χ0n) is 13.5. The molecule has 0 unspecified atom stereocenters. The number of benzene rings is 1. The number of rotatable bonds is 4. The summed E-state index contributed by atoms with van der Waals surface area (Å²) in [5.41, 5.74) is 5.15. The molecule has 1 aromatic heterocycles. The smallest absolute Gasteiger partial charge is 0.222 e. The van der Waals surface area contributed by atoms with Gasteiger partial charge >= 0.3 is 0 Å². The van der Waals surface area contributed by atoms with Gasteiger partial charge in [0.15, 0.2) is 0 Å². The molecule has 3 nitrogen and oxygen atoms in total. The average molecular weight is 296 g/mol. The minimum atomic E-state index is 0.298. The first-order chi connectivity index (χ1) is 10.7. The molecule has 2 heterocycles. The lowest BCUT2D eigenvalue weighted by molar-refractivity contribution is -0.130. The molecule has 22 heavy (non-hydrogen) atoms. The molecule has 0 saturated heterocycles. The van der Waals surface area contributed by atoms with E-state index in [9.17, 15) is 4.79 Å². The number of aromatic amines is 1. The van der Waals surface area contributed by atoms with E-state index in [-0.39, 0.29) is 0 Å². The van der Waals surface area contributed by atoms with Crippen LogP contribution in [-0.4, -0.2) is 28.9 Å². The molecule has 0 aliphatic carbocycles. The number of para-hydroxylation sites is 1. The number of carbonyl (C=O) groups is 1. The average Bonchev–Trinajstić information content (AvgIpc) is 2.98. The molecular formula is C19H24N2O. The number of amides is 1. The second-order valence-corrected chi connectivity index (χ2v) is 6.12. The minimum absolute atomic E-state index is 0.298. The van der Waals surface area contributed by atoms with Crippen LogP contribution in [0.1, 0.15) is 43.7 Å². The molecule has 0 fully saturated rings. The van der Waals surface area contributed by atoms with Gasteiger partial charge in [0, 0.05) is 42.2 Å². The van der Waals surface area contributed by atoms with Crippen molar-refractivity contribution in [3.8, 4) is 0 Å². The summed E-state index contributed by atoms with van der Waals surface area (Å²) in [6, 6.07) is 6.42. The van der Waals surface area contributed by atoms with E-state index in [0.717, 1.165) is 32.4 Å². The maximum atomic E-state index is 12.1. The number of fused-ring (bicyclic) bond motifs is 1. The Bertz CT molecular complexity index is 711. The molecule has 0 atom stereocenters. The van der Waals surface area contributed by atoms with Crippen LogP contribution in [0.3, 0.4) is 0 Å². The quantitative estimate of drug-likeness (QED) is 0.898. The standard InChI is InChI=1S/C19H24N2O/c1-3-4-8-18(22)21-11-9-15(10-12-21)17-13-20-19-14(2)6-5-7-16(17)19/h5-7,9,13,20H,3-4,8,10-12H2,1-2H3. The highest BCUT2D eigenvalue weighted by Gasteiger charge is 2.19. The van der Waals surface area contributed by atoms with Crippen molar-refractivity contribution in [2.45, 2.75) is 39.5 Å². The molecular weight excluding hydrogens is 272 g/mol. The number of hydrogen-bond acceptors (Lipinski definition) is 1. The fourth-order valence-electron chi connectivity index (χ4n) is 3.20. The van der Waals surface area contributed by atoms with Crippen LogP contribution in [0, 0.1) is 6.92 Å². The van der Waals surface area contributed by atoms with Gasteiger partial charge in [0.25, 0.3) is 0 Å². The Morgan fingerprint density at radius 2 is 2.23 bits per heavy atom. The van der Waals surface area contributed by atoms with Crippen molar-refractivity contribution in [1.82, 2.24) is 9.88 Å². The molecule has 0 bridgehead atoms. The van der Waals surface area contributed by atoms with Crippen LogP contribution in [0.25, 0.3) is 16.5 Å². The van der Waals surface area contributed by atoms with E-state index >= 15 is 0 Å². The third-order valence-corrected chi connectivity index (χ3v) is 4.58. The molecule has 0 saturated carbocycles. The number of nitrogens with one attached hydrogen (secondary N) is 1. The first-order valence-corrected chi connectivity index (χ1v) is 8.24. The topological polar surface area (TPSA) is 36.1 Å². The van der Waals surface area contributed by atoms with Crippen molar-refractivity contribution in [2.75, 3.05) is 13.1 Å². The van der Waals surface area contributed by atoms with Crippen molar-refractivity contribution in [3.05, 3.63) is 41.6 Å². The van der Waals surface area contributed by atoms with Gasteiger partial charge in [0.05, 0.1) is 0 Å². The van der Waals surface area contributed by atoms with Crippen LogP contribution in [0.4, 0.5) is 0 Å². The summed E-state index contributed by atoms with van der Waals surface area (Å²) in [6.45, 7) is 5.84. The second kappa shape index (κ2) is 6.39. The van der Waals surface area contributed by atoms with Crippen LogP contribution in [0.15, 0.2) is 30.5 Å². The third kappa shape index (κ3) is 2.80. The van der Waals surface area contributed by atoms with Gasteiger partial charge < -0.3 is 9.88 Å². The van der Waals surface area contributed by atoms with Gasteiger partial charge in [-0.3, -0.25) is 4.79 Å². The van der Waals surface area contributed by atoms with Gasteiger partial charge in [-0.15, -0.1) is 0 Å². The lowest BCUT2D eigenvalue weighted by Gasteiger charge is -2.26. The van der Waals surface area contributed by atoms with Crippen molar-refractivity contribution < 1.29 is 4.79 Å². The van der Waals surface area contributed by atoms with Crippen LogP contribution in [0.5, 0.6) is 0 Å². The SMILES string of the molecule is CCCCC(=O)N1CC=C(c2c[nH]c3c(C)cccc23)CC1. The van der Waals surface area contributed by atoms with E-state index in [0.29, 0.717) is 12.3 Å². The Labute approximate surface area is 132 Å². The van der Waals surface area contributed by atoms with E-state index in [1.165, 1.54) is 27.6 Å². The van der Waals surface area contributed by atoms with Gasteiger partial charge in [-0.25, -0.2) is 0 Å². The van der Waals surface area contributed by atoms with E-state index < -0.39 is 0 Å². The highest BCUT2D eigenvalue weighted by atomic mass is 16.2. The van der Waals surface area contributed by atoms with Gasteiger partial charge in [0.1, 0.15) is 0 Å². The molecule has 3 rings (SSSR count). The zero-order valence-corrected chi connectivity index (χ0v) is 13.5. The van der Waals surface area contributed by atoms with Gasteiger partial charge in [-0.1, -0.05) is 37.6 Å².